The number of carbonyl (C=O) groups is 1. The Labute approximate surface area is 89.1 Å². The zero-order chi connectivity index (χ0) is 10.7. The quantitative estimate of drug-likeness (QED) is 0.793. The average Bonchev–Trinajstić information content (AvgIpc) is 2.67. The highest BCUT2D eigenvalue weighted by molar-refractivity contribution is 5.67. The smallest absolute Gasteiger partial charge is 0.304 e. The van der Waals surface area contributed by atoms with Crippen LogP contribution in [0.1, 0.15) is 30.9 Å². The van der Waals surface area contributed by atoms with E-state index in [2.05, 4.69) is 17.4 Å². The van der Waals surface area contributed by atoms with Gasteiger partial charge >= 0.3 is 5.97 Å². The molecule has 1 aliphatic rings. The molecule has 1 saturated heterocycles. The van der Waals surface area contributed by atoms with E-state index in [-0.39, 0.29) is 12.5 Å². The van der Waals surface area contributed by atoms with Gasteiger partial charge in [0.05, 0.1) is 6.42 Å². The van der Waals surface area contributed by atoms with Crippen LogP contribution in [0.3, 0.4) is 0 Å². The van der Waals surface area contributed by atoms with Crippen molar-refractivity contribution in [2.45, 2.75) is 31.3 Å². The molecule has 0 unspecified atom stereocenters. The van der Waals surface area contributed by atoms with Crippen LogP contribution in [0.4, 0.5) is 0 Å². The monoisotopic (exact) mass is 205 g/mol. The number of rotatable bonds is 3. The first-order valence-electron chi connectivity index (χ1n) is 5.28. The minimum absolute atomic E-state index is 0.132. The van der Waals surface area contributed by atoms with E-state index in [4.69, 9.17) is 5.11 Å². The molecule has 3 heteroatoms. The number of aliphatic carboxylic acids is 1. The van der Waals surface area contributed by atoms with E-state index in [1.54, 1.807) is 0 Å². The Balaban J connectivity index is 1.96. The summed E-state index contributed by atoms with van der Waals surface area (Å²) in [7, 11) is 0. The molecule has 1 aliphatic heterocycles. The van der Waals surface area contributed by atoms with Gasteiger partial charge < -0.3 is 10.4 Å². The number of hydrogen-bond donors (Lipinski definition) is 2. The van der Waals surface area contributed by atoms with Gasteiger partial charge in [-0.3, -0.25) is 4.79 Å². The molecule has 1 aromatic rings. The normalized spacial score (nSPS) is 25.3. The largest absolute Gasteiger partial charge is 0.481 e. The van der Waals surface area contributed by atoms with Gasteiger partial charge in [0, 0.05) is 12.1 Å². The zero-order valence-electron chi connectivity index (χ0n) is 8.52. The summed E-state index contributed by atoms with van der Waals surface area (Å²) in [6.45, 7) is 0. The summed E-state index contributed by atoms with van der Waals surface area (Å²) in [5, 5.41) is 12.0. The predicted octanol–water partition coefficient (Wildman–Crippen LogP) is 1.95. The molecule has 15 heavy (non-hydrogen) atoms. The van der Waals surface area contributed by atoms with Gasteiger partial charge in [-0.1, -0.05) is 30.3 Å². The molecule has 1 heterocycles. The summed E-state index contributed by atoms with van der Waals surface area (Å²) < 4.78 is 0. The fraction of sp³-hybridized carbons (Fsp3) is 0.417. The lowest BCUT2D eigenvalue weighted by Gasteiger charge is -2.12. The third-order valence-electron chi connectivity index (χ3n) is 2.86. The fourth-order valence-electron chi connectivity index (χ4n) is 2.14. The van der Waals surface area contributed by atoms with E-state index >= 15 is 0 Å². The standard InChI is InChI=1S/C12H15NO2/c14-12(15)8-10-6-7-11(13-10)9-4-2-1-3-5-9/h1-5,10-11,13H,6-8H2,(H,14,15)/t10-,11-/m0/s1. The lowest BCUT2D eigenvalue weighted by Crippen LogP contribution is -2.26. The van der Waals surface area contributed by atoms with Gasteiger partial charge in [-0.2, -0.15) is 0 Å². The molecule has 0 radical (unpaired) electrons. The second kappa shape index (κ2) is 4.45. The Kier molecular flexibility index (Phi) is 3.02. The van der Waals surface area contributed by atoms with Crippen molar-refractivity contribution >= 4 is 5.97 Å². The summed E-state index contributed by atoms with van der Waals surface area (Å²) in [4.78, 5) is 10.6. The summed E-state index contributed by atoms with van der Waals surface area (Å²) in [5.74, 6) is -0.721. The third kappa shape index (κ3) is 2.57. The highest BCUT2D eigenvalue weighted by Gasteiger charge is 2.25. The molecule has 0 aromatic heterocycles. The molecule has 0 spiro atoms. The van der Waals surface area contributed by atoms with E-state index < -0.39 is 5.97 Å². The van der Waals surface area contributed by atoms with Gasteiger partial charge in [-0.05, 0) is 18.4 Å². The first kappa shape index (κ1) is 10.2. The van der Waals surface area contributed by atoms with E-state index in [1.165, 1.54) is 5.56 Å². The number of carboxylic acids is 1. The molecular weight excluding hydrogens is 190 g/mol. The van der Waals surface area contributed by atoms with Crippen molar-refractivity contribution in [3.63, 3.8) is 0 Å². The minimum atomic E-state index is -0.721. The molecule has 2 N–H and O–H groups in total. The summed E-state index contributed by atoms with van der Waals surface area (Å²) in [6, 6.07) is 10.7. The zero-order valence-corrected chi connectivity index (χ0v) is 8.52. The van der Waals surface area contributed by atoms with Crippen molar-refractivity contribution in [3.05, 3.63) is 35.9 Å². The molecule has 1 fully saturated rings. The molecular formula is C12H15NO2. The van der Waals surface area contributed by atoms with Gasteiger partial charge in [0.15, 0.2) is 0 Å². The first-order valence-corrected chi connectivity index (χ1v) is 5.28. The molecule has 80 valence electrons. The van der Waals surface area contributed by atoms with Crippen LogP contribution in [0.15, 0.2) is 30.3 Å². The van der Waals surface area contributed by atoms with Gasteiger partial charge in [-0.25, -0.2) is 0 Å². The number of carboxylic acid groups (broad SMARTS) is 1. The van der Waals surface area contributed by atoms with E-state index in [0.29, 0.717) is 6.04 Å². The topological polar surface area (TPSA) is 49.3 Å². The minimum Gasteiger partial charge on any atom is -0.481 e. The summed E-state index contributed by atoms with van der Waals surface area (Å²) >= 11 is 0. The molecule has 0 amide bonds. The van der Waals surface area contributed by atoms with Crippen LogP contribution < -0.4 is 5.32 Å². The van der Waals surface area contributed by atoms with Crippen LogP contribution in [-0.4, -0.2) is 17.1 Å². The van der Waals surface area contributed by atoms with Crippen LogP contribution in [0.5, 0.6) is 0 Å². The molecule has 3 nitrogen and oxygen atoms in total. The Hall–Kier alpha value is -1.35. The van der Waals surface area contributed by atoms with Gasteiger partial charge in [0.25, 0.3) is 0 Å². The van der Waals surface area contributed by atoms with E-state index in [1.807, 2.05) is 18.2 Å². The number of nitrogens with one attached hydrogen (secondary N) is 1. The van der Waals surface area contributed by atoms with Gasteiger partial charge in [-0.15, -0.1) is 0 Å². The van der Waals surface area contributed by atoms with Crippen LogP contribution >= 0.6 is 0 Å². The molecule has 1 aromatic carbocycles. The fourth-order valence-corrected chi connectivity index (χ4v) is 2.14. The second-order valence-corrected chi connectivity index (χ2v) is 4.00. The van der Waals surface area contributed by atoms with Crippen LogP contribution in [-0.2, 0) is 4.79 Å². The Morgan fingerprint density at radius 2 is 2.07 bits per heavy atom. The molecule has 0 bridgehead atoms. The van der Waals surface area contributed by atoms with Crippen LogP contribution in [0.25, 0.3) is 0 Å². The third-order valence-corrected chi connectivity index (χ3v) is 2.86. The molecule has 0 aliphatic carbocycles. The van der Waals surface area contributed by atoms with Crippen molar-refractivity contribution in [1.29, 1.82) is 0 Å². The highest BCUT2D eigenvalue weighted by Crippen LogP contribution is 2.27. The van der Waals surface area contributed by atoms with Gasteiger partial charge in [0.1, 0.15) is 0 Å². The average molecular weight is 205 g/mol. The Morgan fingerprint density at radius 3 is 2.73 bits per heavy atom. The SMILES string of the molecule is O=C(O)C[C@@H]1CC[C@@H](c2ccccc2)N1. The first-order chi connectivity index (χ1) is 7.25. The molecule has 2 atom stereocenters. The Morgan fingerprint density at radius 1 is 1.33 bits per heavy atom. The van der Waals surface area contributed by atoms with E-state index in [0.717, 1.165) is 12.8 Å². The van der Waals surface area contributed by atoms with Crippen LogP contribution in [0, 0.1) is 0 Å². The molecule has 2 rings (SSSR count). The van der Waals surface area contributed by atoms with Gasteiger partial charge in [0.2, 0.25) is 0 Å². The number of benzene rings is 1. The van der Waals surface area contributed by atoms with Crippen molar-refractivity contribution in [3.8, 4) is 0 Å². The predicted molar refractivity (Wildman–Crippen MR) is 57.6 cm³/mol. The second-order valence-electron chi connectivity index (χ2n) is 4.00. The van der Waals surface area contributed by atoms with Crippen molar-refractivity contribution < 1.29 is 9.90 Å². The maximum atomic E-state index is 10.6. The lowest BCUT2D eigenvalue weighted by atomic mass is 10.1. The summed E-state index contributed by atoms with van der Waals surface area (Å²) in [6.07, 6.45) is 2.21. The molecule has 0 saturated carbocycles. The maximum Gasteiger partial charge on any atom is 0.304 e. The van der Waals surface area contributed by atoms with Crippen molar-refractivity contribution in [2.75, 3.05) is 0 Å². The lowest BCUT2D eigenvalue weighted by molar-refractivity contribution is -0.137. The van der Waals surface area contributed by atoms with Crippen molar-refractivity contribution in [2.24, 2.45) is 0 Å². The van der Waals surface area contributed by atoms with Crippen molar-refractivity contribution in [1.82, 2.24) is 5.32 Å². The number of hydrogen-bond acceptors (Lipinski definition) is 2. The maximum absolute atomic E-state index is 10.6. The van der Waals surface area contributed by atoms with E-state index in [9.17, 15) is 4.79 Å². The van der Waals surface area contributed by atoms with Crippen LogP contribution in [0.2, 0.25) is 0 Å². The highest BCUT2D eigenvalue weighted by atomic mass is 16.4. The Bertz CT molecular complexity index is 337. The summed E-state index contributed by atoms with van der Waals surface area (Å²) in [5.41, 5.74) is 1.25.